The van der Waals surface area contributed by atoms with Crippen molar-refractivity contribution in [2.45, 2.75) is 32.9 Å². The van der Waals surface area contributed by atoms with Gasteiger partial charge in [0.15, 0.2) is 0 Å². The van der Waals surface area contributed by atoms with Crippen molar-refractivity contribution < 1.29 is 13.9 Å². The van der Waals surface area contributed by atoms with Crippen LogP contribution in [0.25, 0.3) is 0 Å². The van der Waals surface area contributed by atoms with Gasteiger partial charge in [0.2, 0.25) is 0 Å². The van der Waals surface area contributed by atoms with Gasteiger partial charge in [0, 0.05) is 0 Å². The molecule has 0 saturated heterocycles. The molecule has 3 heteroatoms. The van der Waals surface area contributed by atoms with E-state index in [0.717, 1.165) is 5.56 Å². The molecule has 1 atom stereocenters. The lowest BCUT2D eigenvalue weighted by Gasteiger charge is -2.12. The van der Waals surface area contributed by atoms with E-state index in [4.69, 9.17) is 4.74 Å². The summed E-state index contributed by atoms with van der Waals surface area (Å²) in [4.78, 5) is 11.5. The molecule has 1 aromatic carbocycles. The topological polar surface area (TPSA) is 26.3 Å². The number of hydrogen-bond acceptors (Lipinski definition) is 2. The van der Waals surface area contributed by atoms with E-state index in [1.165, 1.54) is 0 Å². The Kier molecular flexibility index (Phi) is 6.26. The summed E-state index contributed by atoms with van der Waals surface area (Å²) in [5.74, 6) is -0.395. The Bertz CT molecular complexity index is 412. The average molecular weight is 264 g/mol. The summed E-state index contributed by atoms with van der Waals surface area (Å²) in [6.07, 6.45) is -0.516. The van der Waals surface area contributed by atoms with Crippen LogP contribution in [0, 0.1) is 5.92 Å². The Labute approximate surface area is 114 Å². The monoisotopic (exact) mass is 264 g/mol. The van der Waals surface area contributed by atoms with E-state index in [1.54, 1.807) is 0 Å². The van der Waals surface area contributed by atoms with Crippen molar-refractivity contribution in [1.29, 1.82) is 0 Å². The summed E-state index contributed by atoms with van der Waals surface area (Å²) in [7, 11) is 0. The number of alkyl halides is 1. The number of halogens is 1. The molecule has 1 aromatic rings. The van der Waals surface area contributed by atoms with Gasteiger partial charge in [-0.2, -0.15) is 0 Å². The fourth-order valence-electron chi connectivity index (χ4n) is 1.58. The number of benzene rings is 1. The highest BCUT2D eigenvalue weighted by Gasteiger charge is 2.19. The van der Waals surface area contributed by atoms with Crippen LogP contribution in [0.5, 0.6) is 0 Å². The summed E-state index contributed by atoms with van der Waals surface area (Å²) in [5.41, 5.74) is 0.963. The number of carbonyl (C=O) groups is 1. The molecular formula is C16H21FO2. The van der Waals surface area contributed by atoms with Gasteiger partial charge < -0.3 is 4.74 Å². The highest BCUT2D eigenvalue weighted by Crippen LogP contribution is 2.15. The van der Waals surface area contributed by atoms with Crippen LogP contribution < -0.4 is 0 Å². The first-order valence-electron chi connectivity index (χ1n) is 6.54. The second-order valence-electron chi connectivity index (χ2n) is 5.01. The zero-order valence-electron chi connectivity index (χ0n) is 11.6. The molecule has 0 spiro atoms. The highest BCUT2D eigenvalue weighted by molar-refractivity contribution is 5.88. The summed E-state index contributed by atoms with van der Waals surface area (Å²) in [6, 6.07) is 9.61. The standard InChI is InChI=1S/C16H21FO2/c1-12(2)11-19-16(18)13(3)15(17)10-9-14-7-5-4-6-8-14/h4-8,12,15H,3,9-11H2,1-2H3. The minimum Gasteiger partial charge on any atom is -0.462 e. The summed E-state index contributed by atoms with van der Waals surface area (Å²) in [5, 5.41) is 0. The Balaban J connectivity index is 2.38. The predicted molar refractivity (Wildman–Crippen MR) is 74.6 cm³/mol. The minimum absolute atomic E-state index is 0.0865. The SMILES string of the molecule is C=C(C(=O)OCC(C)C)C(F)CCc1ccccc1. The number of ether oxygens (including phenoxy) is 1. The van der Waals surface area contributed by atoms with E-state index >= 15 is 0 Å². The molecule has 0 aliphatic heterocycles. The molecule has 2 nitrogen and oxygen atoms in total. The predicted octanol–water partition coefficient (Wildman–Crippen LogP) is 3.71. The molecule has 0 bridgehead atoms. The second kappa shape index (κ2) is 7.72. The van der Waals surface area contributed by atoms with Crippen molar-refractivity contribution in [2.24, 2.45) is 5.92 Å². The van der Waals surface area contributed by atoms with Crippen molar-refractivity contribution in [1.82, 2.24) is 0 Å². The molecular weight excluding hydrogens is 243 g/mol. The fraction of sp³-hybridized carbons (Fsp3) is 0.438. The molecule has 0 aliphatic rings. The number of carbonyl (C=O) groups excluding carboxylic acids is 1. The fourth-order valence-corrected chi connectivity index (χ4v) is 1.58. The van der Waals surface area contributed by atoms with Gasteiger partial charge in [0.05, 0.1) is 12.2 Å². The molecule has 0 aliphatic carbocycles. The molecule has 0 saturated carbocycles. The normalized spacial score (nSPS) is 12.2. The maximum absolute atomic E-state index is 13.9. The van der Waals surface area contributed by atoms with Gasteiger partial charge >= 0.3 is 5.97 Å². The van der Waals surface area contributed by atoms with Gasteiger partial charge in [-0.15, -0.1) is 0 Å². The average Bonchev–Trinajstić information content (AvgIpc) is 2.42. The van der Waals surface area contributed by atoms with Gasteiger partial charge in [0.25, 0.3) is 0 Å². The first kappa shape index (κ1) is 15.4. The molecule has 1 unspecified atom stereocenters. The number of hydrogen-bond donors (Lipinski definition) is 0. The summed E-state index contributed by atoms with van der Waals surface area (Å²) in [6.45, 7) is 7.65. The van der Waals surface area contributed by atoms with Crippen LogP contribution in [-0.2, 0) is 16.0 Å². The number of aryl methyl sites for hydroxylation is 1. The molecule has 104 valence electrons. The summed E-state index contributed by atoms with van der Waals surface area (Å²) >= 11 is 0. The van der Waals surface area contributed by atoms with Crippen molar-refractivity contribution in [3.8, 4) is 0 Å². The molecule has 1 rings (SSSR count). The van der Waals surface area contributed by atoms with Gasteiger partial charge in [0.1, 0.15) is 6.17 Å². The third-order valence-electron chi connectivity index (χ3n) is 2.72. The van der Waals surface area contributed by atoms with Gasteiger partial charge in [-0.05, 0) is 24.3 Å². The van der Waals surface area contributed by atoms with E-state index in [9.17, 15) is 9.18 Å². The largest absolute Gasteiger partial charge is 0.462 e. The molecule has 0 fully saturated rings. The van der Waals surface area contributed by atoms with Crippen LogP contribution in [0.2, 0.25) is 0 Å². The van der Waals surface area contributed by atoms with E-state index in [2.05, 4.69) is 6.58 Å². The molecule has 0 N–H and O–H groups in total. The minimum atomic E-state index is -1.35. The maximum atomic E-state index is 13.9. The molecule has 0 radical (unpaired) electrons. The van der Waals surface area contributed by atoms with Gasteiger partial charge in [-0.3, -0.25) is 0 Å². The maximum Gasteiger partial charge on any atom is 0.336 e. The number of rotatable bonds is 7. The molecule has 0 aromatic heterocycles. The van der Waals surface area contributed by atoms with Crippen molar-refractivity contribution in [3.63, 3.8) is 0 Å². The van der Waals surface area contributed by atoms with Crippen molar-refractivity contribution >= 4 is 5.97 Å². The lowest BCUT2D eigenvalue weighted by atomic mass is 10.0. The quantitative estimate of drug-likeness (QED) is 0.554. The lowest BCUT2D eigenvalue weighted by Crippen LogP contribution is -2.18. The zero-order valence-corrected chi connectivity index (χ0v) is 11.6. The van der Waals surface area contributed by atoms with Crippen LogP contribution in [-0.4, -0.2) is 18.7 Å². The lowest BCUT2D eigenvalue weighted by molar-refractivity contribution is -0.140. The third-order valence-corrected chi connectivity index (χ3v) is 2.72. The van der Waals surface area contributed by atoms with E-state index in [-0.39, 0.29) is 17.9 Å². The van der Waals surface area contributed by atoms with E-state index in [1.807, 2.05) is 44.2 Å². The Morgan fingerprint density at radius 1 is 1.32 bits per heavy atom. The Morgan fingerprint density at radius 2 is 1.95 bits per heavy atom. The number of esters is 1. The van der Waals surface area contributed by atoms with Crippen LogP contribution >= 0.6 is 0 Å². The Morgan fingerprint density at radius 3 is 2.53 bits per heavy atom. The van der Waals surface area contributed by atoms with E-state index < -0.39 is 12.1 Å². The molecule has 0 amide bonds. The van der Waals surface area contributed by atoms with Crippen LogP contribution in [0.3, 0.4) is 0 Å². The van der Waals surface area contributed by atoms with Crippen LogP contribution in [0.4, 0.5) is 4.39 Å². The molecule has 19 heavy (non-hydrogen) atoms. The highest BCUT2D eigenvalue weighted by atomic mass is 19.1. The smallest absolute Gasteiger partial charge is 0.336 e. The van der Waals surface area contributed by atoms with E-state index in [0.29, 0.717) is 13.0 Å². The Hall–Kier alpha value is -1.64. The summed E-state index contributed by atoms with van der Waals surface area (Å²) < 4.78 is 18.8. The first-order valence-corrected chi connectivity index (χ1v) is 6.54. The first-order chi connectivity index (χ1) is 9.00. The van der Waals surface area contributed by atoms with Gasteiger partial charge in [-0.1, -0.05) is 50.8 Å². The van der Waals surface area contributed by atoms with Crippen molar-refractivity contribution in [2.75, 3.05) is 6.61 Å². The zero-order chi connectivity index (χ0) is 14.3. The molecule has 0 heterocycles. The van der Waals surface area contributed by atoms with Crippen LogP contribution in [0.15, 0.2) is 42.5 Å². The van der Waals surface area contributed by atoms with Gasteiger partial charge in [-0.25, -0.2) is 9.18 Å². The second-order valence-corrected chi connectivity index (χ2v) is 5.01. The van der Waals surface area contributed by atoms with Crippen LogP contribution in [0.1, 0.15) is 25.8 Å². The van der Waals surface area contributed by atoms with Crippen molar-refractivity contribution in [3.05, 3.63) is 48.0 Å². The third kappa shape index (κ3) is 5.69.